The molecule has 0 bridgehead atoms. The third kappa shape index (κ3) is 1.41. The molecule has 2 atom stereocenters. The third-order valence-electron chi connectivity index (χ3n) is 2.57. The van der Waals surface area contributed by atoms with Gasteiger partial charge in [-0.3, -0.25) is 9.59 Å². The van der Waals surface area contributed by atoms with Crippen LogP contribution < -0.4 is 5.32 Å². The lowest BCUT2D eigenvalue weighted by Crippen LogP contribution is -2.26. The SMILES string of the molecule is N#C[C@@H](C(=O)O)[C@H]1C(=O)Nc2ccccc21. The van der Waals surface area contributed by atoms with Crippen molar-refractivity contribution in [1.82, 2.24) is 0 Å². The summed E-state index contributed by atoms with van der Waals surface area (Å²) in [5.74, 6) is -3.98. The summed E-state index contributed by atoms with van der Waals surface area (Å²) in [5, 5.41) is 20.2. The summed E-state index contributed by atoms with van der Waals surface area (Å²) in [6, 6.07) is 8.45. The van der Waals surface area contributed by atoms with Gasteiger partial charge in [0.1, 0.15) is 0 Å². The van der Waals surface area contributed by atoms with Gasteiger partial charge in [0, 0.05) is 5.69 Å². The first-order valence-electron chi connectivity index (χ1n) is 4.67. The summed E-state index contributed by atoms with van der Waals surface area (Å²) in [5.41, 5.74) is 1.15. The van der Waals surface area contributed by atoms with E-state index >= 15 is 0 Å². The molecular weight excluding hydrogens is 208 g/mol. The van der Waals surface area contributed by atoms with Crippen LogP contribution in [0.15, 0.2) is 24.3 Å². The van der Waals surface area contributed by atoms with Gasteiger partial charge in [0.05, 0.1) is 12.0 Å². The maximum atomic E-state index is 11.6. The number of anilines is 1. The fourth-order valence-electron chi connectivity index (χ4n) is 1.84. The van der Waals surface area contributed by atoms with E-state index < -0.39 is 23.7 Å². The molecule has 1 aliphatic rings. The number of benzene rings is 1. The molecule has 1 aromatic carbocycles. The minimum absolute atomic E-state index is 0.435. The summed E-state index contributed by atoms with van der Waals surface area (Å²) in [6.45, 7) is 0. The number of carboxylic acid groups (broad SMARTS) is 1. The van der Waals surface area contributed by atoms with Crippen LogP contribution in [0.5, 0.6) is 0 Å². The van der Waals surface area contributed by atoms with Gasteiger partial charge in [-0.2, -0.15) is 5.26 Å². The zero-order valence-electron chi connectivity index (χ0n) is 8.18. The van der Waals surface area contributed by atoms with Crippen LogP contribution in [0.4, 0.5) is 5.69 Å². The highest BCUT2D eigenvalue weighted by atomic mass is 16.4. The summed E-state index contributed by atoms with van der Waals surface area (Å²) in [7, 11) is 0. The van der Waals surface area contributed by atoms with E-state index in [0.717, 1.165) is 0 Å². The Hall–Kier alpha value is -2.35. The van der Waals surface area contributed by atoms with Crippen LogP contribution >= 0.6 is 0 Å². The van der Waals surface area contributed by atoms with Gasteiger partial charge in [-0.25, -0.2) is 0 Å². The summed E-state index contributed by atoms with van der Waals surface area (Å²) < 4.78 is 0. The van der Waals surface area contributed by atoms with Gasteiger partial charge in [0.25, 0.3) is 0 Å². The lowest BCUT2D eigenvalue weighted by molar-refractivity contribution is -0.142. The molecule has 1 heterocycles. The highest BCUT2D eigenvalue weighted by Gasteiger charge is 2.40. The van der Waals surface area contributed by atoms with Gasteiger partial charge >= 0.3 is 5.97 Å². The molecule has 1 amide bonds. The molecule has 0 aliphatic carbocycles. The number of hydrogen-bond acceptors (Lipinski definition) is 3. The lowest BCUT2D eigenvalue weighted by Gasteiger charge is -2.10. The largest absolute Gasteiger partial charge is 0.480 e. The van der Waals surface area contributed by atoms with Crippen LogP contribution in [0.3, 0.4) is 0 Å². The number of para-hydroxylation sites is 1. The summed E-state index contributed by atoms with van der Waals surface area (Å²) in [4.78, 5) is 22.5. The van der Waals surface area contributed by atoms with Crippen molar-refractivity contribution in [3.05, 3.63) is 29.8 Å². The Morgan fingerprint density at radius 3 is 2.81 bits per heavy atom. The van der Waals surface area contributed by atoms with E-state index in [1.807, 2.05) is 0 Å². The molecule has 16 heavy (non-hydrogen) atoms. The zero-order chi connectivity index (χ0) is 11.7. The van der Waals surface area contributed by atoms with E-state index in [-0.39, 0.29) is 0 Å². The average molecular weight is 216 g/mol. The first-order chi connectivity index (χ1) is 7.65. The maximum Gasteiger partial charge on any atom is 0.322 e. The van der Waals surface area contributed by atoms with Gasteiger partial charge in [-0.05, 0) is 11.6 Å². The zero-order valence-corrected chi connectivity index (χ0v) is 8.18. The fourth-order valence-corrected chi connectivity index (χ4v) is 1.84. The topological polar surface area (TPSA) is 90.2 Å². The van der Waals surface area contributed by atoms with E-state index in [0.29, 0.717) is 11.3 Å². The molecule has 0 radical (unpaired) electrons. The fraction of sp³-hybridized carbons (Fsp3) is 0.182. The number of nitrogens with zero attached hydrogens (tertiary/aromatic N) is 1. The van der Waals surface area contributed by atoms with Crippen molar-refractivity contribution in [2.24, 2.45) is 5.92 Å². The molecule has 0 unspecified atom stereocenters. The van der Waals surface area contributed by atoms with Gasteiger partial charge in [-0.15, -0.1) is 0 Å². The van der Waals surface area contributed by atoms with E-state index in [4.69, 9.17) is 10.4 Å². The van der Waals surface area contributed by atoms with Crippen molar-refractivity contribution in [2.75, 3.05) is 5.32 Å². The number of amides is 1. The quantitative estimate of drug-likeness (QED) is 0.769. The predicted octanol–water partition coefficient (Wildman–Crippen LogP) is 0.947. The molecule has 0 saturated heterocycles. The Morgan fingerprint density at radius 1 is 1.50 bits per heavy atom. The monoisotopic (exact) mass is 216 g/mol. The van der Waals surface area contributed by atoms with Crippen molar-refractivity contribution in [3.8, 4) is 6.07 Å². The molecular formula is C11H8N2O3. The second-order valence-corrected chi connectivity index (χ2v) is 3.50. The van der Waals surface area contributed by atoms with Crippen LogP contribution in [-0.4, -0.2) is 17.0 Å². The van der Waals surface area contributed by atoms with Crippen LogP contribution in [0, 0.1) is 17.2 Å². The van der Waals surface area contributed by atoms with Crippen molar-refractivity contribution in [1.29, 1.82) is 5.26 Å². The molecule has 5 heteroatoms. The molecule has 0 fully saturated rings. The second kappa shape index (κ2) is 3.66. The highest BCUT2D eigenvalue weighted by molar-refractivity contribution is 6.05. The second-order valence-electron chi connectivity index (χ2n) is 3.50. The summed E-state index contributed by atoms with van der Waals surface area (Å²) >= 11 is 0. The Bertz CT molecular complexity index is 504. The van der Waals surface area contributed by atoms with Crippen molar-refractivity contribution in [3.63, 3.8) is 0 Å². The van der Waals surface area contributed by atoms with Crippen LogP contribution in [0.2, 0.25) is 0 Å². The van der Waals surface area contributed by atoms with E-state index in [9.17, 15) is 9.59 Å². The molecule has 5 nitrogen and oxygen atoms in total. The molecule has 2 rings (SSSR count). The number of carbonyl (C=O) groups excluding carboxylic acids is 1. The predicted molar refractivity (Wildman–Crippen MR) is 54.6 cm³/mol. The molecule has 0 aromatic heterocycles. The lowest BCUT2D eigenvalue weighted by atomic mass is 9.88. The van der Waals surface area contributed by atoms with E-state index in [2.05, 4.69) is 5.32 Å². The standard InChI is InChI=1S/C11H8N2O3/c12-5-7(11(15)16)9-6-3-1-2-4-8(6)13-10(9)14/h1-4,7,9H,(H,13,14)(H,15,16)/t7-,9+/m1/s1. The Morgan fingerprint density at radius 2 is 2.19 bits per heavy atom. The molecule has 1 aliphatic heterocycles. The average Bonchev–Trinajstić information content (AvgIpc) is 2.57. The van der Waals surface area contributed by atoms with Crippen molar-refractivity contribution >= 4 is 17.6 Å². The van der Waals surface area contributed by atoms with Crippen LogP contribution in [-0.2, 0) is 9.59 Å². The smallest absolute Gasteiger partial charge is 0.322 e. The van der Waals surface area contributed by atoms with E-state index in [1.165, 1.54) is 0 Å². The number of aliphatic carboxylic acids is 1. The Balaban J connectivity index is 2.47. The van der Waals surface area contributed by atoms with Crippen LogP contribution in [0.1, 0.15) is 11.5 Å². The number of fused-ring (bicyclic) bond motifs is 1. The van der Waals surface area contributed by atoms with E-state index in [1.54, 1.807) is 30.3 Å². The number of nitriles is 1. The van der Waals surface area contributed by atoms with Crippen LogP contribution in [0.25, 0.3) is 0 Å². The first kappa shape index (κ1) is 10.2. The van der Waals surface area contributed by atoms with Gasteiger partial charge < -0.3 is 10.4 Å². The maximum absolute atomic E-state index is 11.6. The number of hydrogen-bond donors (Lipinski definition) is 2. The molecule has 0 spiro atoms. The minimum Gasteiger partial charge on any atom is -0.480 e. The van der Waals surface area contributed by atoms with Crippen molar-refractivity contribution < 1.29 is 14.7 Å². The Kier molecular flexibility index (Phi) is 2.33. The Labute approximate surface area is 91.3 Å². The van der Waals surface area contributed by atoms with Gasteiger partial charge in [0.2, 0.25) is 5.91 Å². The minimum atomic E-state index is -1.34. The van der Waals surface area contributed by atoms with Crippen molar-refractivity contribution in [2.45, 2.75) is 5.92 Å². The van der Waals surface area contributed by atoms with Gasteiger partial charge in [-0.1, -0.05) is 18.2 Å². The third-order valence-corrected chi connectivity index (χ3v) is 2.57. The molecule has 0 saturated carbocycles. The molecule has 2 N–H and O–H groups in total. The number of carboxylic acids is 1. The highest BCUT2D eigenvalue weighted by Crippen LogP contribution is 2.36. The summed E-state index contributed by atoms with van der Waals surface area (Å²) in [6.07, 6.45) is 0. The number of carbonyl (C=O) groups is 2. The first-order valence-corrected chi connectivity index (χ1v) is 4.67. The molecule has 1 aromatic rings. The number of rotatable bonds is 2. The molecule has 80 valence electrons. The van der Waals surface area contributed by atoms with Gasteiger partial charge in [0.15, 0.2) is 5.92 Å². The number of nitrogens with one attached hydrogen (secondary N) is 1. The normalized spacial score (nSPS) is 19.4.